The van der Waals surface area contributed by atoms with Crippen molar-refractivity contribution >= 4 is 40.0 Å². The summed E-state index contributed by atoms with van der Waals surface area (Å²) in [6, 6.07) is 21.8. The number of hydrogen-bond acceptors (Lipinski definition) is 4. The summed E-state index contributed by atoms with van der Waals surface area (Å²) in [5, 5.41) is 0.935. The van der Waals surface area contributed by atoms with Crippen LogP contribution in [-0.4, -0.2) is 20.6 Å². The molecule has 0 fully saturated rings. The summed E-state index contributed by atoms with van der Waals surface area (Å²) < 4.78 is 1.49. The van der Waals surface area contributed by atoms with Crippen LogP contribution < -0.4 is 5.56 Å². The SMILES string of the molecule is Cc1ccc(C(=O)C(C)Sc2nc3ccccc3c(=O)n2-c2ccccc2Cl)cc1. The smallest absolute Gasteiger partial charge is 0.266 e. The molecule has 4 rings (SSSR count). The van der Waals surface area contributed by atoms with Crippen molar-refractivity contribution < 1.29 is 4.79 Å². The van der Waals surface area contributed by atoms with E-state index in [4.69, 9.17) is 16.6 Å². The third-order valence-electron chi connectivity index (χ3n) is 4.83. The van der Waals surface area contributed by atoms with Crippen LogP contribution in [0.2, 0.25) is 5.02 Å². The molecule has 0 amide bonds. The van der Waals surface area contributed by atoms with E-state index in [1.165, 1.54) is 16.3 Å². The fourth-order valence-corrected chi connectivity index (χ4v) is 4.42. The zero-order valence-corrected chi connectivity index (χ0v) is 18.1. The van der Waals surface area contributed by atoms with Crippen LogP contribution in [0.5, 0.6) is 0 Å². The van der Waals surface area contributed by atoms with Gasteiger partial charge in [-0.3, -0.25) is 14.2 Å². The molecule has 0 saturated carbocycles. The van der Waals surface area contributed by atoms with E-state index >= 15 is 0 Å². The van der Waals surface area contributed by atoms with Gasteiger partial charge in [-0.15, -0.1) is 0 Å². The number of fused-ring (bicyclic) bond motifs is 1. The Morgan fingerprint density at radius 3 is 2.40 bits per heavy atom. The van der Waals surface area contributed by atoms with Crippen molar-refractivity contribution in [2.45, 2.75) is 24.3 Å². The number of benzene rings is 3. The van der Waals surface area contributed by atoms with E-state index in [1.54, 1.807) is 30.3 Å². The fourth-order valence-electron chi connectivity index (χ4n) is 3.20. The van der Waals surface area contributed by atoms with Crippen molar-refractivity contribution in [1.82, 2.24) is 9.55 Å². The lowest BCUT2D eigenvalue weighted by Gasteiger charge is -2.17. The number of aromatic nitrogens is 2. The van der Waals surface area contributed by atoms with Crippen molar-refractivity contribution in [3.63, 3.8) is 0 Å². The van der Waals surface area contributed by atoms with E-state index in [2.05, 4.69) is 0 Å². The van der Waals surface area contributed by atoms with Crippen molar-refractivity contribution in [1.29, 1.82) is 0 Å². The second-order valence-electron chi connectivity index (χ2n) is 6.99. The molecule has 6 heteroatoms. The van der Waals surface area contributed by atoms with Gasteiger partial charge in [0.05, 0.1) is 26.9 Å². The maximum atomic E-state index is 13.3. The van der Waals surface area contributed by atoms with E-state index in [9.17, 15) is 9.59 Å². The van der Waals surface area contributed by atoms with E-state index in [0.717, 1.165) is 5.56 Å². The largest absolute Gasteiger partial charge is 0.293 e. The Labute approximate surface area is 183 Å². The standard InChI is InChI=1S/C24H19ClN2O2S/c1-15-11-13-17(14-12-15)22(28)16(2)30-24-26-20-9-5-3-7-18(20)23(29)27(24)21-10-6-4-8-19(21)25/h3-14,16H,1-2H3. The monoisotopic (exact) mass is 434 g/mol. The molecular formula is C24H19ClN2O2S. The van der Waals surface area contributed by atoms with Crippen LogP contribution in [0.3, 0.4) is 0 Å². The van der Waals surface area contributed by atoms with Crippen molar-refractivity contribution in [3.8, 4) is 5.69 Å². The molecule has 0 aliphatic rings. The van der Waals surface area contributed by atoms with Crippen molar-refractivity contribution in [2.75, 3.05) is 0 Å². The molecule has 0 spiro atoms. The summed E-state index contributed by atoms with van der Waals surface area (Å²) >= 11 is 7.65. The number of carbonyl (C=O) groups is 1. The molecular weight excluding hydrogens is 416 g/mol. The number of nitrogens with zero attached hydrogens (tertiary/aromatic N) is 2. The van der Waals surface area contributed by atoms with Crippen LogP contribution in [0, 0.1) is 6.92 Å². The average Bonchev–Trinajstić information content (AvgIpc) is 2.75. The van der Waals surface area contributed by atoms with Gasteiger partial charge in [0.1, 0.15) is 0 Å². The van der Waals surface area contributed by atoms with Gasteiger partial charge in [-0.2, -0.15) is 0 Å². The molecule has 4 aromatic rings. The molecule has 4 nitrogen and oxygen atoms in total. The molecule has 1 atom stereocenters. The lowest BCUT2D eigenvalue weighted by Crippen LogP contribution is -2.24. The summed E-state index contributed by atoms with van der Waals surface area (Å²) in [5.41, 5.74) is 2.64. The Hall–Kier alpha value is -2.89. The quantitative estimate of drug-likeness (QED) is 0.229. The Morgan fingerprint density at radius 1 is 1.00 bits per heavy atom. The third-order valence-corrected chi connectivity index (χ3v) is 6.20. The molecule has 1 aromatic heterocycles. The Balaban J connectivity index is 1.82. The first-order valence-corrected chi connectivity index (χ1v) is 10.8. The first-order chi connectivity index (χ1) is 14.5. The number of para-hydroxylation sites is 2. The number of thioether (sulfide) groups is 1. The first kappa shape index (κ1) is 20.4. The molecule has 0 bridgehead atoms. The van der Waals surface area contributed by atoms with Gasteiger partial charge < -0.3 is 0 Å². The van der Waals surface area contributed by atoms with E-state index < -0.39 is 5.25 Å². The number of halogens is 1. The molecule has 0 saturated heterocycles. The average molecular weight is 435 g/mol. The predicted octanol–water partition coefficient (Wildman–Crippen LogP) is 5.71. The van der Waals surface area contributed by atoms with Gasteiger partial charge in [0.25, 0.3) is 5.56 Å². The van der Waals surface area contributed by atoms with Crippen molar-refractivity contribution in [2.24, 2.45) is 0 Å². The first-order valence-electron chi connectivity index (χ1n) is 9.50. The number of carbonyl (C=O) groups excluding carboxylic acids is 1. The summed E-state index contributed by atoms with van der Waals surface area (Å²) in [7, 11) is 0. The van der Waals surface area contributed by atoms with Crippen molar-refractivity contribution in [3.05, 3.63) is 99.3 Å². The van der Waals surface area contributed by atoms with Gasteiger partial charge in [0, 0.05) is 5.56 Å². The topological polar surface area (TPSA) is 52.0 Å². The maximum absolute atomic E-state index is 13.3. The highest BCUT2D eigenvalue weighted by molar-refractivity contribution is 8.00. The van der Waals surface area contributed by atoms with Gasteiger partial charge >= 0.3 is 0 Å². The Bertz CT molecular complexity index is 1300. The van der Waals surface area contributed by atoms with Crippen LogP contribution >= 0.6 is 23.4 Å². The highest BCUT2D eigenvalue weighted by Crippen LogP contribution is 2.29. The summed E-state index contributed by atoms with van der Waals surface area (Å²) in [6.07, 6.45) is 0. The minimum absolute atomic E-state index is 0.0203. The molecule has 30 heavy (non-hydrogen) atoms. The summed E-state index contributed by atoms with van der Waals surface area (Å²) in [4.78, 5) is 31.0. The van der Waals surface area contributed by atoms with E-state index in [1.807, 2.05) is 56.3 Å². The van der Waals surface area contributed by atoms with Crippen LogP contribution in [0.25, 0.3) is 16.6 Å². The molecule has 0 radical (unpaired) electrons. The van der Waals surface area contributed by atoms with Crippen LogP contribution in [0.15, 0.2) is 82.7 Å². The van der Waals surface area contributed by atoms with E-state index in [0.29, 0.717) is 32.3 Å². The lowest BCUT2D eigenvalue weighted by atomic mass is 10.1. The highest BCUT2D eigenvalue weighted by Gasteiger charge is 2.22. The molecule has 0 aliphatic heterocycles. The summed E-state index contributed by atoms with van der Waals surface area (Å²) in [5.74, 6) is -0.0203. The minimum Gasteiger partial charge on any atom is -0.293 e. The number of hydrogen-bond donors (Lipinski definition) is 0. The molecule has 0 aliphatic carbocycles. The zero-order valence-electron chi connectivity index (χ0n) is 16.5. The fraction of sp³-hybridized carbons (Fsp3) is 0.125. The summed E-state index contributed by atoms with van der Waals surface area (Å²) in [6.45, 7) is 3.80. The van der Waals surface area contributed by atoms with Crippen LogP contribution in [-0.2, 0) is 0 Å². The number of Topliss-reactive ketones (excluding diaryl/α,β-unsaturated/α-hetero) is 1. The normalized spacial score (nSPS) is 12.1. The molecule has 3 aromatic carbocycles. The third kappa shape index (κ3) is 3.91. The molecule has 1 unspecified atom stereocenters. The Morgan fingerprint density at radius 2 is 1.67 bits per heavy atom. The minimum atomic E-state index is -0.436. The maximum Gasteiger partial charge on any atom is 0.266 e. The predicted molar refractivity (Wildman–Crippen MR) is 123 cm³/mol. The second-order valence-corrected chi connectivity index (χ2v) is 8.71. The van der Waals surface area contributed by atoms with E-state index in [-0.39, 0.29) is 11.3 Å². The Kier molecular flexibility index (Phi) is 5.75. The van der Waals surface area contributed by atoms with Gasteiger partial charge in [0.15, 0.2) is 10.9 Å². The zero-order chi connectivity index (χ0) is 21.3. The van der Waals surface area contributed by atoms with Gasteiger partial charge in [-0.25, -0.2) is 4.98 Å². The number of ketones is 1. The molecule has 0 N–H and O–H groups in total. The lowest BCUT2D eigenvalue weighted by molar-refractivity contribution is 0.0994. The van der Waals surface area contributed by atoms with Crippen LogP contribution in [0.4, 0.5) is 0 Å². The molecule has 150 valence electrons. The molecule has 1 heterocycles. The number of rotatable bonds is 5. The second kappa shape index (κ2) is 8.46. The van der Waals surface area contributed by atoms with Crippen LogP contribution in [0.1, 0.15) is 22.8 Å². The highest BCUT2D eigenvalue weighted by atomic mass is 35.5. The van der Waals surface area contributed by atoms with Gasteiger partial charge in [0.2, 0.25) is 0 Å². The van der Waals surface area contributed by atoms with Gasteiger partial charge in [-0.1, -0.05) is 77.5 Å². The number of aryl methyl sites for hydroxylation is 1. The van der Waals surface area contributed by atoms with Gasteiger partial charge in [-0.05, 0) is 38.1 Å².